The summed E-state index contributed by atoms with van der Waals surface area (Å²) in [7, 11) is 1.39. The Balaban J connectivity index is 0.00000312. The number of ether oxygens (including phenoxy) is 1. The SMILES string of the molecule is COC(=O)CSCc1cccc(NC(=O)CCC2CCNCC2)c1.Cl. The van der Waals surface area contributed by atoms with Crippen LogP contribution >= 0.6 is 24.2 Å². The first-order chi connectivity index (χ1) is 11.7. The third-order valence-electron chi connectivity index (χ3n) is 4.17. The van der Waals surface area contributed by atoms with E-state index in [1.54, 1.807) is 0 Å². The van der Waals surface area contributed by atoms with Crippen LogP contribution < -0.4 is 10.6 Å². The zero-order chi connectivity index (χ0) is 17.2. The number of hydrogen-bond donors (Lipinski definition) is 2. The van der Waals surface area contributed by atoms with Gasteiger partial charge in [0.2, 0.25) is 5.91 Å². The Morgan fingerprint density at radius 1 is 1.32 bits per heavy atom. The van der Waals surface area contributed by atoms with E-state index in [4.69, 9.17) is 0 Å². The average Bonchev–Trinajstić information content (AvgIpc) is 2.61. The van der Waals surface area contributed by atoms with E-state index in [0.29, 0.717) is 23.8 Å². The minimum Gasteiger partial charge on any atom is -0.468 e. The second-order valence-electron chi connectivity index (χ2n) is 6.05. The summed E-state index contributed by atoms with van der Waals surface area (Å²) in [6, 6.07) is 7.79. The number of rotatable bonds is 8. The van der Waals surface area contributed by atoms with Gasteiger partial charge in [-0.1, -0.05) is 12.1 Å². The minimum absolute atomic E-state index is 0. The van der Waals surface area contributed by atoms with Crippen molar-refractivity contribution >= 4 is 41.7 Å². The molecule has 0 bridgehead atoms. The lowest BCUT2D eigenvalue weighted by Gasteiger charge is -2.22. The summed E-state index contributed by atoms with van der Waals surface area (Å²) in [4.78, 5) is 23.2. The number of anilines is 1. The van der Waals surface area contributed by atoms with Crippen molar-refractivity contribution < 1.29 is 14.3 Å². The molecule has 1 aromatic rings. The number of amides is 1. The number of carbonyl (C=O) groups excluding carboxylic acids is 2. The molecule has 0 unspecified atom stereocenters. The number of hydrogen-bond acceptors (Lipinski definition) is 5. The molecule has 0 aliphatic carbocycles. The van der Waals surface area contributed by atoms with Gasteiger partial charge >= 0.3 is 5.97 Å². The van der Waals surface area contributed by atoms with Crippen LogP contribution in [-0.2, 0) is 20.1 Å². The Morgan fingerprint density at radius 2 is 2.08 bits per heavy atom. The summed E-state index contributed by atoms with van der Waals surface area (Å²) in [5, 5.41) is 6.32. The van der Waals surface area contributed by atoms with Crippen LogP contribution in [0.15, 0.2) is 24.3 Å². The van der Waals surface area contributed by atoms with E-state index in [0.717, 1.165) is 30.8 Å². The van der Waals surface area contributed by atoms with Crippen LogP contribution in [0.2, 0.25) is 0 Å². The number of halogens is 1. The highest BCUT2D eigenvalue weighted by molar-refractivity contribution is 7.99. The van der Waals surface area contributed by atoms with Gasteiger partial charge in [-0.15, -0.1) is 24.2 Å². The normalized spacial score (nSPS) is 14.4. The summed E-state index contributed by atoms with van der Waals surface area (Å²) >= 11 is 1.50. The number of esters is 1. The summed E-state index contributed by atoms with van der Waals surface area (Å²) in [5.41, 5.74) is 1.90. The molecule has 0 spiro atoms. The van der Waals surface area contributed by atoms with Gasteiger partial charge in [-0.2, -0.15) is 0 Å². The van der Waals surface area contributed by atoms with E-state index in [2.05, 4.69) is 15.4 Å². The van der Waals surface area contributed by atoms with E-state index in [1.807, 2.05) is 24.3 Å². The van der Waals surface area contributed by atoms with Gasteiger partial charge in [0.15, 0.2) is 0 Å². The molecule has 0 aromatic heterocycles. The molecular weight excluding hydrogens is 360 g/mol. The molecule has 1 heterocycles. The Hall–Kier alpha value is -1.24. The smallest absolute Gasteiger partial charge is 0.315 e. The lowest BCUT2D eigenvalue weighted by atomic mass is 9.93. The van der Waals surface area contributed by atoms with E-state index < -0.39 is 0 Å². The van der Waals surface area contributed by atoms with E-state index in [-0.39, 0.29) is 24.3 Å². The first kappa shape index (κ1) is 21.8. The third kappa shape index (κ3) is 8.61. The fourth-order valence-electron chi connectivity index (χ4n) is 2.78. The lowest BCUT2D eigenvalue weighted by molar-refractivity contribution is -0.137. The van der Waals surface area contributed by atoms with Gasteiger partial charge in [0.05, 0.1) is 12.9 Å². The minimum atomic E-state index is -0.220. The van der Waals surface area contributed by atoms with Gasteiger partial charge < -0.3 is 15.4 Å². The van der Waals surface area contributed by atoms with Crippen LogP contribution in [0.5, 0.6) is 0 Å². The fraction of sp³-hybridized carbons (Fsp3) is 0.556. The van der Waals surface area contributed by atoms with E-state index >= 15 is 0 Å². The molecule has 25 heavy (non-hydrogen) atoms. The molecule has 1 saturated heterocycles. The maximum Gasteiger partial charge on any atom is 0.315 e. The Labute approximate surface area is 160 Å². The number of thioether (sulfide) groups is 1. The highest BCUT2D eigenvalue weighted by Gasteiger charge is 2.14. The van der Waals surface area contributed by atoms with Gasteiger partial charge in [0, 0.05) is 17.9 Å². The molecule has 2 rings (SSSR count). The number of nitrogens with one attached hydrogen (secondary N) is 2. The standard InChI is InChI=1S/C18H26N2O3S.ClH/c1-23-18(22)13-24-12-15-3-2-4-16(11-15)20-17(21)6-5-14-7-9-19-10-8-14;/h2-4,11,14,19H,5-10,12-13H2,1H3,(H,20,21);1H. The predicted octanol–water partition coefficient (Wildman–Crippen LogP) is 3.23. The van der Waals surface area contributed by atoms with Crippen molar-refractivity contribution in [1.29, 1.82) is 0 Å². The van der Waals surface area contributed by atoms with Gasteiger partial charge in [-0.25, -0.2) is 0 Å². The van der Waals surface area contributed by atoms with Crippen LogP contribution in [0, 0.1) is 5.92 Å². The Morgan fingerprint density at radius 3 is 2.80 bits per heavy atom. The van der Waals surface area contributed by atoms with Crippen molar-refractivity contribution in [2.24, 2.45) is 5.92 Å². The summed E-state index contributed by atoms with van der Waals surface area (Å²) in [6.45, 7) is 2.13. The molecule has 0 radical (unpaired) electrons. The zero-order valence-electron chi connectivity index (χ0n) is 14.6. The van der Waals surface area contributed by atoms with Crippen molar-refractivity contribution in [3.8, 4) is 0 Å². The molecule has 1 amide bonds. The summed E-state index contributed by atoms with van der Waals surface area (Å²) in [5.74, 6) is 1.57. The Kier molecular flexibility index (Phi) is 10.6. The quantitative estimate of drug-likeness (QED) is 0.671. The molecule has 140 valence electrons. The average molecular weight is 387 g/mol. The van der Waals surface area contributed by atoms with Crippen LogP contribution in [0.1, 0.15) is 31.2 Å². The maximum absolute atomic E-state index is 12.1. The molecule has 1 aliphatic heterocycles. The van der Waals surface area contributed by atoms with E-state index in [1.165, 1.54) is 31.7 Å². The molecule has 1 aliphatic rings. The van der Waals surface area contributed by atoms with Crippen LogP contribution in [0.25, 0.3) is 0 Å². The molecule has 0 atom stereocenters. The second-order valence-corrected chi connectivity index (χ2v) is 7.04. The summed E-state index contributed by atoms with van der Waals surface area (Å²) < 4.78 is 4.62. The largest absolute Gasteiger partial charge is 0.468 e. The van der Waals surface area contributed by atoms with Gasteiger partial charge in [-0.3, -0.25) is 9.59 Å². The number of piperidine rings is 1. The van der Waals surface area contributed by atoms with Crippen molar-refractivity contribution in [1.82, 2.24) is 5.32 Å². The first-order valence-corrected chi connectivity index (χ1v) is 9.57. The molecule has 7 heteroatoms. The van der Waals surface area contributed by atoms with Gasteiger partial charge in [-0.05, 0) is 56.0 Å². The highest BCUT2D eigenvalue weighted by atomic mass is 35.5. The van der Waals surface area contributed by atoms with Crippen LogP contribution in [0.4, 0.5) is 5.69 Å². The maximum atomic E-state index is 12.1. The topological polar surface area (TPSA) is 67.4 Å². The molecule has 1 fully saturated rings. The molecule has 0 saturated carbocycles. The number of carbonyl (C=O) groups is 2. The third-order valence-corrected chi connectivity index (χ3v) is 5.14. The fourth-order valence-corrected chi connectivity index (χ4v) is 3.58. The molecule has 2 N–H and O–H groups in total. The van der Waals surface area contributed by atoms with E-state index in [9.17, 15) is 9.59 Å². The van der Waals surface area contributed by atoms with Gasteiger partial charge in [0.1, 0.15) is 0 Å². The van der Waals surface area contributed by atoms with Crippen molar-refractivity contribution in [2.75, 3.05) is 31.3 Å². The Bertz CT molecular complexity index is 551. The van der Waals surface area contributed by atoms with Crippen LogP contribution in [-0.4, -0.2) is 37.8 Å². The zero-order valence-corrected chi connectivity index (χ0v) is 16.2. The summed E-state index contributed by atoms with van der Waals surface area (Å²) in [6.07, 6.45) is 3.87. The number of methoxy groups -OCH3 is 1. The van der Waals surface area contributed by atoms with Crippen molar-refractivity contribution in [3.05, 3.63) is 29.8 Å². The molecule has 1 aromatic carbocycles. The number of benzene rings is 1. The lowest BCUT2D eigenvalue weighted by Crippen LogP contribution is -2.28. The second kappa shape index (κ2) is 12.2. The molecular formula is C18H27ClN2O3S. The van der Waals surface area contributed by atoms with Crippen molar-refractivity contribution in [2.45, 2.75) is 31.4 Å². The monoisotopic (exact) mass is 386 g/mol. The van der Waals surface area contributed by atoms with Crippen molar-refractivity contribution in [3.63, 3.8) is 0 Å². The highest BCUT2D eigenvalue weighted by Crippen LogP contribution is 2.20. The predicted molar refractivity (Wildman–Crippen MR) is 105 cm³/mol. The first-order valence-electron chi connectivity index (χ1n) is 8.41. The van der Waals surface area contributed by atoms with Crippen LogP contribution in [0.3, 0.4) is 0 Å². The van der Waals surface area contributed by atoms with Gasteiger partial charge in [0.25, 0.3) is 0 Å². The molecule has 5 nitrogen and oxygen atoms in total.